The summed E-state index contributed by atoms with van der Waals surface area (Å²) in [6.07, 6.45) is -1.36. The second-order valence-corrected chi connectivity index (χ2v) is 2.05. The summed E-state index contributed by atoms with van der Waals surface area (Å²) in [5.74, 6) is -0.859. The summed E-state index contributed by atoms with van der Waals surface area (Å²) in [5.41, 5.74) is 0. The van der Waals surface area contributed by atoms with Crippen LogP contribution in [-0.2, 0) is 4.79 Å². The van der Waals surface area contributed by atoms with Crippen LogP contribution < -0.4 is 5.32 Å². The molecule has 3 N–H and O–H groups in total. The zero-order valence-electron chi connectivity index (χ0n) is 5.58. The Kier molecular flexibility index (Phi) is 4.56. The number of hydrogen-bond acceptors (Lipinski definition) is 3. The van der Waals surface area contributed by atoms with E-state index in [-0.39, 0.29) is 5.88 Å². The van der Waals surface area contributed by atoms with Crippen molar-refractivity contribution >= 4 is 23.5 Å². The summed E-state index contributed by atoms with van der Waals surface area (Å²) < 4.78 is 0. The number of Topliss-reactive ketones (excluding diaryl/α,β-unsaturated/α-hetero) is 1. The minimum absolute atomic E-state index is 0.314. The highest BCUT2D eigenvalue weighted by Crippen LogP contribution is 1.88. The molecule has 0 fully saturated rings. The SMILES string of the molecule is O=C(O)N[C@@H](CO)C(=O)CCl. The summed E-state index contributed by atoms with van der Waals surface area (Å²) in [6.45, 7) is -0.572. The van der Waals surface area contributed by atoms with Gasteiger partial charge in [0.2, 0.25) is 0 Å². The first kappa shape index (κ1) is 10.2. The van der Waals surface area contributed by atoms with Gasteiger partial charge in [0.25, 0.3) is 0 Å². The lowest BCUT2D eigenvalue weighted by molar-refractivity contribution is -0.119. The third-order valence-corrected chi connectivity index (χ3v) is 1.26. The number of alkyl halides is 1. The van der Waals surface area contributed by atoms with Gasteiger partial charge < -0.3 is 15.5 Å². The van der Waals surface area contributed by atoms with E-state index in [0.717, 1.165) is 0 Å². The van der Waals surface area contributed by atoms with Crippen LogP contribution in [0.25, 0.3) is 0 Å². The van der Waals surface area contributed by atoms with Crippen LogP contribution in [0.1, 0.15) is 0 Å². The van der Waals surface area contributed by atoms with Crippen LogP contribution in [0, 0.1) is 0 Å². The maximum atomic E-state index is 10.7. The molecule has 0 aromatic rings. The van der Waals surface area contributed by atoms with Crippen molar-refractivity contribution in [3.05, 3.63) is 0 Å². The van der Waals surface area contributed by atoms with Crippen LogP contribution in [0.15, 0.2) is 0 Å². The molecule has 0 spiro atoms. The molecule has 1 amide bonds. The molecule has 0 aromatic carbocycles. The molecule has 0 unspecified atom stereocenters. The van der Waals surface area contributed by atoms with Gasteiger partial charge in [0.1, 0.15) is 6.04 Å². The molecule has 0 aliphatic carbocycles. The van der Waals surface area contributed by atoms with Gasteiger partial charge in [-0.25, -0.2) is 4.79 Å². The predicted molar refractivity (Wildman–Crippen MR) is 37.8 cm³/mol. The lowest BCUT2D eigenvalue weighted by Gasteiger charge is -2.09. The van der Waals surface area contributed by atoms with Gasteiger partial charge in [-0.2, -0.15) is 0 Å². The number of carbonyl (C=O) groups is 2. The fraction of sp³-hybridized carbons (Fsp3) is 0.600. The lowest BCUT2D eigenvalue weighted by atomic mass is 10.2. The average Bonchev–Trinajstić information content (AvgIpc) is 1.98. The zero-order chi connectivity index (χ0) is 8.85. The molecule has 0 aliphatic rings. The molecule has 0 saturated heterocycles. The maximum absolute atomic E-state index is 10.7. The zero-order valence-corrected chi connectivity index (χ0v) is 6.34. The van der Waals surface area contributed by atoms with E-state index in [1.54, 1.807) is 0 Å². The number of hydrogen-bond donors (Lipinski definition) is 3. The van der Waals surface area contributed by atoms with Gasteiger partial charge in [-0.1, -0.05) is 0 Å². The van der Waals surface area contributed by atoms with Crippen LogP contribution in [0.3, 0.4) is 0 Å². The summed E-state index contributed by atoms with van der Waals surface area (Å²) in [6, 6.07) is -1.11. The molecule has 5 nitrogen and oxygen atoms in total. The summed E-state index contributed by atoms with van der Waals surface area (Å²) in [7, 11) is 0. The third kappa shape index (κ3) is 3.79. The number of carbonyl (C=O) groups excluding carboxylic acids is 1. The van der Waals surface area contributed by atoms with Crippen molar-refractivity contribution in [3.63, 3.8) is 0 Å². The maximum Gasteiger partial charge on any atom is 0.405 e. The highest BCUT2D eigenvalue weighted by Gasteiger charge is 2.17. The molecule has 11 heavy (non-hydrogen) atoms. The van der Waals surface area contributed by atoms with Gasteiger partial charge >= 0.3 is 6.09 Å². The molecule has 0 bridgehead atoms. The van der Waals surface area contributed by atoms with E-state index in [2.05, 4.69) is 0 Å². The average molecular weight is 182 g/mol. The molecule has 1 atom stereocenters. The highest BCUT2D eigenvalue weighted by atomic mass is 35.5. The number of amides is 1. The van der Waals surface area contributed by atoms with Crippen LogP contribution in [0.5, 0.6) is 0 Å². The fourth-order valence-electron chi connectivity index (χ4n) is 0.470. The van der Waals surface area contributed by atoms with Gasteiger partial charge in [0, 0.05) is 0 Å². The molecule has 6 heteroatoms. The first-order valence-corrected chi connectivity index (χ1v) is 3.34. The van der Waals surface area contributed by atoms with Gasteiger partial charge in [-0.15, -0.1) is 11.6 Å². The minimum Gasteiger partial charge on any atom is -0.465 e. The molecule has 0 rings (SSSR count). The number of halogens is 1. The Morgan fingerprint density at radius 1 is 1.55 bits per heavy atom. The summed E-state index contributed by atoms with van der Waals surface area (Å²) >= 11 is 5.12. The minimum atomic E-state index is -1.36. The van der Waals surface area contributed by atoms with Gasteiger partial charge in [0.15, 0.2) is 5.78 Å². The van der Waals surface area contributed by atoms with E-state index in [1.807, 2.05) is 5.32 Å². The van der Waals surface area contributed by atoms with Crippen molar-refractivity contribution in [3.8, 4) is 0 Å². The number of rotatable bonds is 4. The van der Waals surface area contributed by atoms with E-state index >= 15 is 0 Å². The highest BCUT2D eigenvalue weighted by molar-refractivity contribution is 6.28. The molecule has 0 aromatic heterocycles. The molecular weight excluding hydrogens is 174 g/mol. The number of aliphatic hydroxyl groups excluding tert-OH is 1. The number of nitrogens with one attached hydrogen (secondary N) is 1. The first-order chi connectivity index (χ1) is 5.11. The van der Waals surface area contributed by atoms with Gasteiger partial charge in [-0.3, -0.25) is 4.79 Å². The van der Waals surface area contributed by atoms with E-state index in [4.69, 9.17) is 21.8 Å². The Morgan fingerprint density at radius 2 is 2.09 bits per heavy atom. The quantitative estimate of drug-likeness (QED) is 0.507. The van der Waals surface area contributed by atoms with Crippen LogP contribution in [0.4, 0.5) is 4.79 Å². The smallest absolute Gasteiger partial charge is 0.405 e. The standard InChI is InChI=1S/C5H8ClNO4/c6-1-4(9)3(2-8)7-5(10)11/h3,7-8H,1-2H2,(H,10,11)/t3-/m0/s1. The normalized spacial score (nSPS) is 12.2. The number of carboxylic acid groups (broad SMARTS) is 1. The van der Waals surface area contributed by atoms with Crippen molar-refractivity contribution in [2.24, 2.45) is 0 Å². The Labute approximate surface area is 68.0 Å². The van der Waals surface area contributed by atoms with Gasteiger partial charge in [0.05, 0.1) is 12.5 Å². The molecule has 0 aliphatic heterocycles. The Balaban J connectivity index is 3.94. The largest absolute Gasteiger partial charge is 0.465 e. The van der Waals surface area contributed by atoms with Crippen molar-refractivity contribution in [1.82, 2.24) is 5.32 Å². The molecule has 0 heterocycles. The van der Waals surface area contributed by atoms with E-state index in [1.165, 1.54) is 0 Å². The summed E-state index contributed by atoms with van der Waals surface area (Å²) in [4.78, 5) is 20.6. The van der Waals surface area contributed by atoms with Crippen LogP contribution in [-0.4, -0.2) is 40.6 Å². The summed E-state index contributed by atoms with van der Waals surface area (Å²) in [5, 5.41) is 18.4. The van der Waals surface area contributed by atoms with Crippen LogP contribution >= 0.6 is 11.6 Å². The second-order valence-electron chi connectivity index (χ2n) is 1.78. The number of aliphatic hydroxyl groups is 1. The Morgan fingerprint density at radius 3 is 2.36 bits per heavy atom. The predicted octanol–water partition coefficient (Wildman–Crippen LogP) is -0.577. The van der Waals surface area contributed by atoms with Crippen molar-refractivity contribution in [2.75, 3.05) is 12.5 Å². The topological polar surface area (TPSA) is 86.6 Å². The first-order valence-electron chi connectivity index (χ1n) is 2.80. The molecule has 0 saturated carbocycles. The monoisotopic (exact) mass is 181 g/mol. The van der Waals surface area contributed by atoms with Crippen LogP contribution in [0.2, 0.25) is 0 Å². The molecule has 0 radical (unpaired) electrons. The van der Waals surface area contributed by atoms with Crippen molar-refractivity contribution < 1.29 is 19.8 Å². The third-order valence-electron chi connectivity index (χ3n) is 1.00. The van der Waals surface area contributed by atoms with Crippen molar-refractivity contribution in [1.29, 1.82) is 0 Å². The fourth-order valence-corrected chi connectivity index (χ4v) is 0.656. The van der Waals surface area contributed by atoms with E-state index < -0.39 is 24.5 Å². The Bertz CT molecular complexity index is 161. The van der Waals surface area contributed by atoms with Gasteiger partial charge in [-0.05, 0) is 0 Å². The molecular formula is C5H8ClNO4. The van der Waals surface area contributed by atoms with E-state index in [0.29, 0.717) is 0 Å². The Hall–Kier alpha value is -0.810. The number of ketones is 1. The lowest BCUT2D eigenvalue weighted by Crippen LogP contribution is -2.43. The van der Waals surface area contributed by atoms with E-state index in [9.17, 15) is 9.59 Å². The second kappa shape index (κ2) is 4.92. The van der Waals surface area contributed by atoms with Crippen molar-refractivity contribution in [2.45, 2.75) is 6.04 Å². The molecule has 64 valence electrons.